The fourth-order valence-corrected chi connectivity index (χ4v) is 4.03. The summed E-state index contributed by atoms with van der Waals surface area (Å²) >= 11 is 3.71. The number of benzene rings is 1. The van der Waals surface area contributed by atoms with Crippen molar-refractivity contribution in [2.24, 2.45) is 0 Å². The third kappa shape index (κ3) is 2.76. The molecule has 2 aromatic rings. The number of hydrogen-bond acceptors (Lipinski definition) is 4. The van der Waals surface area contributed by atoms with Crippen molar-refractivity contribution < 1.29 is 0 Å². The lowest BCUT2D eigenvalue weighted by atomic mass is 10.0. The number of thioether (sulfide) groups is 1. The van der Waals surface area contributed by atoms with Gasteiger partial charge in [-0.15, -0.1) is 23.1 Å². The van der Waals surface area contributed by atoms with Crippen LogP contribution in [0.2, 0.25) is 0 Å². The first-order valence-electron chi connectivity index (χ1n) is 6.27. The Balaban J connectivity index is 1.60. The zero-order chi connectivity index (χ0) is 12.2. The maximum absolute atomic E-state index is 4.32. The van der Waals surface area contributed by atoms with Crippen molar-refractivity contribution in [3.05, 3.63) is 46.4 Å². The second-order valence-electron chi connectivity index (χ2n) is 4.36. The van der Waals surface area contributed by atoms with Gasteiger partial charge in [0.2, 0.25) is 0 Å². The SMILES string of the molecule is c1ccc2c(c1)SCCC2NCCc1nccs1. The third-order valence-electron chi connectivity index (χ3n) is 3.17. The fourth-order valence-electron chi connectivity index (χ4n) is 2.28. The summed E-state index contributed by atoms with van der Waals surface area (Å²) in [5.74, 6) is 1.21. The van der Waals surface area contributed by atoms with E-state index in [1.165, 1.54) is 27.6 Å². The van der Waals surface area contributed by atoms with Crippen molar-refractivity contribution >= 4 is 23.1 Å². The number of rotatable bonds is 4. The minimum Gasteiger partial charge on any atom is -0.309 e. The van der Waals surface area contributed by atoms with E-state index in [4.69, 9.17) is 0 Å². The molecule has 2 heterocycles. The Morgan fingerprint density at radius 3 is 3.17 bits per heavy atom. The second-order valence-corrected chi connectivity index (χ2v) is 6.47. The molecule has 2 nitrogen and oxygen atoms in total. The summed E-state index contributed by atoms with van der Waals surface area (Å²) in [5.41, 5.74) is 1.47. The molecule has 1 aromatic heterocycles. The van der Waals surface area contributed by atoms with E-state index in [-0.39, 0.29) is 0 Å². The minimum atomic E-state index is 0.516. The molecule has 0 saturated heterocycles. The van der Waals surface area contributed by atoms with Gasteiger partial charge >= 0.3 is 0 Å². The van der Waals surface area contributed by atoms with Gasteiger partial charge in [-0.05, 0) is 23.8 Å². The number of thiazole rings is 1. The molecule has 0 radical (unpaired) electrons. The molecule has 0 fully saturated rings. The van der Waals surface area contributed by atoms with Gasteiger partial charge in [0, 0.05) is 35.5 Å². The molecule has 18 heavy (non-hydrogen) atoms. The summed E-state index contributed by atoms with van der Waals surface area (Å²) in [7, 11) is 0. The number of nitrogens with zero attached hydrogens (tertiary/aromatic N) is 1. The Kier molecular flexibility index (Phi) is 3.98. The van der Waals surface area contributed by atoms with Gasteiger partial charge in [0.25, 0.3) is 0 Å². The van der Waals surface area contributed by atoms with Crippen LogP contribution in [0.4, 0.5) is 0 Å². The van der Waals surface area contributed by atoms with Crippen molar-refractivity contribution in [2.45, 2.75) is 23.8 Å². The molecule has 0 spiro atoms. The van der Waals surface area contributed by atoms with E-state index in [0.717, 1.165) is 13.0 Å². The summed E-state index contributed by atoms with van der Waals surface area (Å²) in [6.07, 6.45) is 4.13. The monoisotopic (exact) mass is 276 g/mol. The van der Waals surface area contributed by atoms with E-state index in [1.807, 2.05) is 23.3 Å². The fraction of sp³-hybridized carbons (Fsp3) is 0.357. The molecule has 3 rings (SSSR count). The number of nitrogens with one attached hydrogen (secondary N) is 1. The van der Waals surface area contributed by atoms with Gasteiger partial charge in [-0.25, -0.2) is 4.98 Å². The Hall–Kier alpha value is -0.840. The van der Waals surface area contributed by atoms with Crippen LogP contribution in [0, 0.1) is 0 Å². The molecule has 1 atom stereocenters. The van der Waals surface area contributed by atoms with E-state index in [0.29, 0.717) is 6.04 Å². The molecule has 0 amide bonds. The van der Waals surface area contributed by atoms with Gasteiger partial charge in [0.1, 0.15) is 0 Å². The molecule has 0 bridgehead atoms. The lowest BCUT2D eigenvalue weighted by Gasteiger charge is -2.25. The summed E-state index contributed by atoms with van der Waals surface area (Å²) in [5, 5.41) is 6.94. The van der Waals surface area contributed by atoms with Crippen molar-refractivity contribution in [1.82, 2.24) is 10.3 Å². The number of aromatic nitrogens is 1. The van der Waals surface area contributed by atoms with E-state index < -0.39 is 0 Å². The molecule has 1 aliphatic heterocycles. The smallest absolute Gasteiger partial charge is 0.0937 e. The summed E-state index contributed by atoms with van der Waals surface area (Å²) < 4.78 is 0. The molecular weight excluding hydrogens is 260 g/mol. The average Bonchev–Trinajstić information content (AvgIpc) is 2.92. The third-order valence-corrected chi connectivity index (χ3v) is 5.13. The van der Waals surface area contributed by atoms with Crippen LogP contribution in [0.25, 0.3) is 0 Å². The molecule has 1 unspecified atom stereocenters. The summed E-state index contributed by atoms with van der Waals surface area (Å²) in [4.78, 5) is 5.76. The van der Waals surface area contributed by atoms with Gasteiger partial charge in [-0.3, -0.25) is 0 Å². The van der Waals surface area contributed by atoms with Gasteiger partial charge < -0.3 is 5.32 Å². The number of fused-ring (bicyclic) bond motifs is 1. The molecule has 4 heteroatoms. The summed E-state index contributed by atoms with van der Waals surface area (Å²) in [6.45, 7) is 1.01. The predicted molar refractivity (Wildman–Crippen MR) is 78.3 cm³/mol. The quantitative estimate of drug-likeness (QED) is 0.925. The zero-order valence-electron chi connectivity index (χ0n) is 10.1. The standard InChI is InChI=1S/C14H16N2S2/c1-2-4-13-11(3-1)12(6-9-17-13)15-7-5-14-16-8-10-18-14/h1-4,8,10,12,15H,5-7,9H2. The molecular formula is C14H16N2S2. The molecule has 1 N–H and O–H groups in total. The van der Waals surface area contributed by atoms with E-state index in [2.05, 4.69) is 34.6 Å². The average molecular weight is 276 g/mol. The highest BCUT2D eigenvalue weighted by atomic mass is 32.2. The second kappa shape index (κ2) is 5.87. The van der Waals surface area contributed by atoms with Gasteiger partial charge in [-0.1, -0.05) is 18.2 Å². The first kappa shape index (κ1) is 12.2. The van der Waals surface area contributed by atoms with Gasteiger partial charge in [0.05, 0.1) is 5.01 Å². The van der Waals surface area contributed by atoms with Crippen LogP contribution in [-0.2, 0) is 6.42 Å². The van der Waals surface area contributed by atoms with Crippen LogP contribution < -0.4 is 5.32 Å². The highest BCUT2D eigenvalue weighted by Gasteiger charge is 2.19. The van der Waals surface area contributed by atoms with E-state index >= 15 is 0 Å². The van der Waals surface area contributed by atoms with Crippen molar-refractivity contribution in [3.63, 3.8) is 0 Å². The molecule has 1 aromatic carbocycles. The summed E-state index contributed by atoms with van der Waals surface area (Å²) in [6, 6.07) is 9.27. The highest BCUT2D eigenvalue weighted by Crippen LogP contribution is 2.35. The lowest BCUT2D eigenvalue weighted by Crippen LogP contribution is -2.26. The molecule has 0 saturated carbocycles. The van der Waals surface area contributed by atoms with Gasteiger partial charge in [0.15, 0.2) is 0 Å². The van der Waals surface area contributed by atoms with Crippen LogP contribution in [0.3, 0.4) is 0 Å². The highest BCUT2D eigenvalue weighted by molar-refractivity contribution is 7.99. The Bertz CT molecular complexity index is 496. The van der Waals surface area contributed by atoms with E-state index in [9.17, 15) is 0 Å². The Morgan fingerprint density at radius 1 is 1.33 bits per heavy atom. The first-order chi connectivity index (χ1) is 8.93. The van der Waals surface area contributed by atoms with Gasteiger partial charge in [-0.2, -0.15) is 0 Å². The topological polar surface area (TPSA) is 24.9 Å². The maximum atomic E-state index is 4.32. The molecule has 0 aliphatic carbocycles. The van der Waals surface area contributed by atoms with Crippen LogP contribution in [-0.4, -0.2) is 17.3 Å². The van der Waals surface area contributed by atoms with E-state index in [1.54, 1.807) is 11.3 Å². The molecule has 1 aliphatic rings. The first-order valence-corrected chi connectivity index (χ1v) is 8.13. The number of hydrogen-bond donors (Lipinski definition) is 1. The lowest BCUT2D eigenvalue weighted by molar-refractivity contribution is 0.513. The Labute approximate surface area is 116 Å². The van der Waals surface area contributed by atoms with Crippen molar-refractivity contribution in [3.8, 4) is 0 Å². The van der Waals surface area contributed by atoms with Crippen LogP contribution in [0.15, 0.2) is 40.7 Å². The van der Waals surface area contributed by atoms with Crippen LogP contribution in [0.5, 0.6) is 0 Å². The minimum absolute atomic E-state index is 0.516. The Morgan fingerprint density at radius 2 is 2.28 bits per heavy atom. The predicted octanol–water partition coefficient (Wildman–Crippen LogP) is 3.51. The molecule has 94 valence electrons. The zero-order valence-corrected chi connectivity index (χ0v) is 11.8. The van der Waals surface area contributed by atoms with Crippen LogP contribution in [0.1, 0.15) is 23.0 Å². The maximum Gasteiger partial charge on any atom is 0.0937 e. The van der Waals surface area contributed by atoms with Crippen molar-refractivity contribution in [1.29, 1.82) is 0 Å². The van der Waals surface area contributed by atoms with Crippen LogP contribution >= 0.6 is 23.1 Å². The largest absolute Gasteiger partial charge is 0.309 e. The normalized spacial score (nSPS) is 18.6. The van der Waals surface area contributed by atoms with Crippen molar-refractivity contribution in [2.75, 3.05) is 12.3 Å².